The summed E-state index contributed by atoms with van der Waals surface area (Å²) in [5.41, 5.74) is 0. The minimum atomic E-state index is -4.89. The SMILES string of the molecule is O=C([O-])/C=C/CN/C=C/C(=O)C(F)(F)F. The van der Waals surface area contributed by atoms with E-state index < -0.39 is 17.9 Å². The van der Waals surface area contributed by atoms with Crippen LogP contribution in [0, 0.1) is 0 Å². The van der Waals surface area contributed by atoms with Crippen molar-refractivity contribution in [2.75, 3.05) is 6.54 Å². The number of hydrogen-bond acceptors (Lipinski definition) is 4. The van der Waals surface area contributed by atoms with Crippen molar-refractivity contribution in [3.05, 3.63) is 24.4 Å². The predicted molar refractivity (Wildman–Crippen MR) is 42.4 cm³/mol. The molecule has 0 radical (unpaired) electrons. The molecule has 0 aliphatic rings. The first kappa shape index (κ1) is 13.2. The number of hydrogen-bond donors (Lipinski definition) is 1. The maximum absolute atomic E-state index is 11.6. The Morgan fingerprint density at radius 1 is 1.27 bits per heavy atom. The van der Waals surface area contributed by atoms with Crippen LogP contribution < -0.4 is 10.4 Å². The maximum atomic E-state index is 11.6. The van der Waals surface area contributed by atoms with Gasteiger partial charge in [0.05, 0.1) is 5.97 Å². The van der Waals surface area contributed by atoms with Crippen molar-refractivity contribution in [2.24, 2.45) is 0 Å². The fraction of sp³-hybridized carbons (Fsp3) is 0.250. The second-order valence-electron chi connectivity index (χ2n) is 2.32. The predicted octanol–water partition coefficient (Wildman–Crippen LogP) is -0.473. The van der Waals surface area contributed by atoms with Crippen molar-refractivity contribution in [3.63, 3.8) is 0 Å². The largest absolute Gasteiger partial charge is 0.545 e. The van der Waals surface area contributed by atoms with Crippen molar-refractivity contribution in [3.8, 4) is 0 Å². The summed E-state index contributed by atoms with van der Waals surface area (Å²) in [5.74, 6) is -3.40. The Morgan fingerprint density at radius 3 is 2.33 bits per heavy atom. The molecule has 0 heterocycles. The Morgan fingerprint density at radius 2 is 1.87 bits per heavy atom. The number of carboxylic acids is 1. The summed E-state index contributed by atoms with van der Waals surface area (Å²) in [6.45, 7) is -0.0182. The number of halogens is 3. The molecule has 0 aromatic rings. The van der Waals surface area contributed by atoms with Gasteiger partial charge in [0.25, 0.3) is 5.78 Å². The zero-order valence-corrected chi connectivity index (χ0v) is 7.38. The Balaban J connectivity index is 3.83. The highest BCUT2D eigenvalue weighted by Gasteiger charge is 2.35. The molecule has 0 saturated heterocycles. The molecule has 0 aliphatic heterocycles. The van der Waals surface area contributed by atoms with Crippen LogP contribution >= 0.6 is 0 Å². The molecule has 0 aliphatic carbocycles. The van der Waals surface area contributed by atoms with Gasteiger partial charge >= 0.3 is 6.18 Å². The Bertz CT molecular complexity index is 294. The van der Waals surface area contributed by atoms with Gasteiger partial charge in [0, 0.05) is 18.8 Å². The zero-order chi connectivity index (χ0) is 11.9. The van der Waals surface area contributed by atoms with Crippen LogP contribution in [0.25, 0.3) is 0 Å². The fourth-order valence-electron chi connectivity index (χ4n) is 0.520. The van der Waals surface area contributed by atoms with Crippen molar-refractivity contribution >= 4 is 11.8 Å². The molecule has 0 aromatic carbocycles. The summed E-state index contributed by atoms with van der Waals surface area (Å²) in [7, 11) is 0. The van der Waals surface area contributed by atoms with Crippen LogP contribution in [0.15, 0.2) is 24.4 Å². The molecule has 1 N–H and O–H groups in total. The number of aliphatic carboxylic acids is 1. The quantitative estimate of drug-likeness (QED) is 0.504. The molecule has 0 atom stereocenters. The lowest BCUT2D eigenvalue weighted by atomic mass is 10.4. The topological polar surface area (TPSA) is 69.2 Å². The van der Waals surface area contributed by atoms with Gasteiger partial charge in [-0.3, -0.25) is 4.79 Å². The van der Waals surface area contributed by atoms with Crippen LogP contribution in [0.5, 0.6) is 0 Å². The molecule has 0 amide bonds. The lowest BCUT2D eigenvalue weighted by Gasteiger charge is -1.99. The average Bonchev–Trinajstić information content (AvgIpc) is 2.08. The van der Waals surface area contributed by atoms with E-state index >= 15 is 0 Å². The van der Waals surface area contributed by atoms with Gasteiger partial charge in [-0.05, 0) is 6.08 Å². The molecular formula is C8H7F3NO3-. The van der Waals surface area contributed by atoms with E-state index in [1.165, 1.54) is 0 Å². The minimum Gasteiger partial charge on any atom is -0.545 e. The van der Waals surface area contributed by atoms with Gasteiger partial charge in [-0.25, -0.2) is 0 Å². The van der Waals surface area contributed by atoms with E-state index in [4.69, 9.17) is 0 Å². The minimum absolute atomic E-state index is 0.0182. The lowest BCUT2D eigenvalue weighted by Crippen LogP contribution is -2.21. The van der Waals surface area contributed by atoms with Gasteiger partial charge in [0.1, 0.15) is 0 Å². The van der Waals surface area contributed by atoms with Crippen LogP contribution in [0.2, 0.25) is 0 Å². The van der Waals surface area contributed by atoms with Crippen molar-refractivity contribution < 1.29 is 27.9 Å². The van der Waals surface area contributed by atoms with E-state index in [9.17, 15) is 27.9 Å². The molecule has 0 aromatic heterocycles. The van der Waals surface area contributed by atoms with E-state index in [2.05, 4.69) is 5.32 Å². The molecule has 0 saturated carbocycles. The van der Waals surface area contributed by atoms with Crippen LogP contribution in [0.1, 0.15) is 0 Å². The maximum Gasteiger partial charge on any atom is 0.454 e. The highest BCUT2D eigenvalue weighted by atomic mass is 19.4. The molecular weight excluding hydrogens is 215 g/mol. The van der Waals surface area contributed by atoms with Gasteiger partial charge in [0.2, 0.25) is 0 Å². The van der Waals surface area contributed by atoms with Crippen molar-refractivity contribution in [1.82, 2.24) is 5.32 Å². The van der Waals surface area contributed by atoms with Gasteiger partial charge < -0.3 is 15.2 Å². The molecule has 0 spiro atoms. The monoisotopic (exact) mass is 222 g/mol. The number of nitrogens with one attached hydrogen (secondary N) is 1. The number of ketones is 1. The molecule has 0 unspecified atom stereocenters. The normalized spacial score (nSPS) is 12.2. The summed E-state index contributed by atoms with van der Waals surface area (Å²) in [6, 6.07) is 0. The third-order valence-corrected chi connectivity index (χ3v) is 1.12. The number of alkyl halides is 3. The van der Waals surface area contributed by atoms with E-state index in [-0.39, 0.29) is 6.54 Å². The molecule has 7 heteroatoms. The number of carboxylic acid groups (broad SMARTS) is 1. The third-order valence-electron chi connectivity index (χ3n) is 1.12. The average molecular weight is 222 g/mol. The standard InChI is InChI=1S/C8H8F3NO3/c9-8(10,11)6(13)3-5-12-4-1-2-7(14)15/h1-3,5,12H,4H2,(H,14,15)/p-1/b2-1+,5-3+. The molecule has 0 bridgehead atoms. The summed E-state index contributed by atoms with van der Waals surface area (Å²) >= 11 is 0. The van der Waals surface area contributed by atoms with E-state index in [0.29, 0.717) is 12.2 Å². The van der Waals surface area contributed by atoms with Crippen LogP contribution in [0.3, 0.4) is 0 Å². The number of carbonyl (C=O) groups is 2. The summed E-state index contributed by atoms with van der Waals surface area (Å²) < 4.78 is 34.8. The molecule has 0 rings (SSSR count). The fourth-order valence-corrected chi connectivity index (χ4v) is 0.520. The molecule has 84 valence electrons. The third kappa shape index (κ3) is 7.29. The summed E-state index contributed by atoms with van der Waals surface area (Å²) in [6.07, 6.45) is -1.95. The van der Waals surface area contributed by atoms with E-state index in [0.717, 1.165) is 12.3 Å². The first-order valence-corrected chi connectivity index (χ1v) is 3.72. The van der Waals surface area contributed by atoms with Crippen LogP contribution in [-0.2, 0) is 9.59 Å². The lowest BCUT2D eigenvalue weighted by molar-refractivity contribution is -0.297. The highest BCUT2D eigenvalue weighted by molar-refractivity contribution is 5.94. The van der Waals surface area contributed by atoms with Gasteiger partial charge in [-0.2, -0.15) is 13.2 Å². The number of rotatable bonds is 5. The first-order chi connectivity index (χ1) is 6.84. The Labute approximate surface area is 83.1 Å². The van der Waals surface area contributed by atoms with Crippen molar-refractivity contribution in [1.29, 1.82) is 0 Å². The van der Waals surface area contributed by atoms with Gasteiger partial charge in [-0.15, -0.1) is 0 Å². The van der Waals surface area contributed by atoms with Crippen molar-refractivity contribution in [2.45, 2.75) is 6.18 Å². The van der Waals surface area contributed by atoms with Crippen LogP contribution in [0.4, 0.5) is 13.2 Å². The Kier molecular flexibility index (Phi) is 5.14. The number of carbonyl (C=O) groups excluding carboxylic acids is 2. The molecule has 0 fully saturated rings. The number of allylic oxidation sites excluding steroid dienone is 1. The summed E-state index contributed by atoms with van der Waals surface area (Å²) in [5, 5.41) is 12.1. The van der Waals surface area contributed by atoms with E-state index in [1.807, 2.05) is 0 Å². The first-order valence-electron chi connectivity index (χ1n) is 3.72. The zero-order valence-electron chi connectivity index (χ0n) is 7.38. The van der Waals surface area contributed by atoms with Gasteiger partial charge in [-0.1, -0.05) is 6.08 Å². The summed E-state index contributed by atoms with van der Waals surface area (Å²) in [4.78, 5) is 20.1. The molecule has 15 heavy (non-hydrogen) atoms. The second kappa shape index (κ2) is 5.84. The molecule has 4 nitrogen and oxygen atoms in total. The highest BCUT2D eigenvalue weighted by Crippen LogP contribution is 2.15. The Hall–Kier alpha value is -1.79. The van der Waals surface area contributed by atoms with Crippen LogP contribution in [-0.4, -0.2) is 24.5 Å². The smallest absolute Gasteiger partial charge is 0.454 e. The van der Waals surface area contributed by atoms with Gasteiger partial charge in [0.15, 0.2) is 0 Å². The van der Waals surface area contributed by atoms with E-state index in [1.54, 1.807) is 0 Å². The second-order valence-corrected chi connectivity index (χ2v) is 2.32.